The first-order valence-electron chi connectivity index (χ1n) is 8.19. The van der Waals surface area contributed by atoms with Crippen molar-refractivity contribution in [2.75, 3.05) is 20.0 Å². The molecule has 1 aromatic heterocycles. The average molecular weight is 338 g/mol. The lowest BCUT2D eigenvalue weighted by atomic mass is 10.0. The molecule has 0 unspecified atom stereocenters. The number of fused-ring (bicyclic) bond motifs is 1. The first-order chi connectivity index (χ1) is 12.1. The molecule has 3 rings (SSSR count). The number of carbonyl (C=O) groups is 1. The number of ether oxygens (including phenoxy) is 2. The van der Waals surface area contributed by atoms with Gasteiger partial charge in [0.25, 0.3) is 0 Å². The number of hydrogen-bond donors (Lipinski definition) is 1. The number of aryl methyl sites for hydroxylation is 1. The number of benzene rings is 2. The second kappa shape index (κ2) is 6.89. The molecule has 0 amide bonds. The summed E-state index contributed by atoms with van der Waals surface area (Å²) in [6.45, 7) is 3.00. The van der Waals surface area contributed by atoms with Crippen LogP contribution < -0.4 is 10.5 Å². The van der Waals surface area contributed by atoms with Gasteiger partial charge in [-0.1, -0.05) is 6.07 Å². The molecule has 3 aromatic rings. The lowest BCUT2D eigenvalue weighted by Crippen LogP contribution is -2.03. The van der Waals surface area contributed by atoms with E-state index in [1.54, 1.807) is 19.2 Å². The third kappa shape index (κ3) is 3.18. The van der Waals surface area contributed by atoms with E-state index in [1.807, 2.05) is 18.2 Å². The van der Waals surface area contributed by atoms with Crippen molar-refractivity contribution in [3.8, 4) is 5.75 Å². The zero-order valence-corrected chi connectivity index (χ0v) is 14.7. The topological polar surface area (TPSA) is 66.5 Å². The van der Waals surface area contributed by atoms with Gasteiger partial charge < -0.3 is 19.8 Å². The van der Waals surface area contributed by atoms with Crippen molar-refractivity contribution in [3.63, 3.8) is 0 Å². The Labute approximate surface area is 147 Å². The van der Waals surface area contributed by atoms with Crippen molar-refractivity contribution >= 4 is 22.6 Å². The Hall–Kier alpha value is -2.95. The smallest absolute Gasteiger partial charge is 0.337 e. The van der Waals surface area contributed by atoms with Crippen LogP contribution in [0.2, 0.25) is 0 Å². The molecule has 25 heavy (non-hydrogen) atoms. The molecule has 0 atom stereocenters. The first-order valence-corrected chi connectivity index (χ1v) is 8.19. The van der Waals surface area contributed by atoms with Gasteiger partial charge in [-0.3, -0.25) is 0 Å². The maximum Gasteiger partial charge on any atom is 0.337 e. The van der Waals surface area contributed by atoms with Crippen LogP contribution in [0, 0.1) is 0 Å². The maximum absolute atomic E-state index is 11.7. The zero-order valence-electron chi connectivity index (χ0n) is 14.7. The van der Waals surface area contributed by atoms with Crippen LogP contribution in [0.15, 0.2) is 42.6 Å². The van der Waals surface area contributed by atoms with E-state index in [4.69, 9.17) is 15.2 Å². The molecule has 0 aliphatic rings. The summed E-state index contributed by atoms with van der Waals surface area (Å²) in [4.78, 5) is 11.7. The number of anilines is 1. The summed E-state index contributed by atoms with van der Waals surface area (Å²) in [5.41, 5.74) is 10.5. The highest BCUT2D eigenvalue weighted by atomic mass is 16.5. The van der Waals surface area contributed by atoms with Gasteiger partial charge in [0.2, 0.25) is 0 Å². The molecular formula is C20H22N2O3. The molecule has 2 aromatic carbocycles. The second-order valence-electron chi connectivity index (χ2n) is 5.91. The minimum Gasteiger partial charge on any atom is -0.496 e. The van der Waals surface area contributed by atoms with Crippen LogP contribution in [0.1, 0.15) is 28.4 Å². The highest BCUT2D eigenvalue weighted by Crippen LogP contribution is 2.29. The Morgan fingerprint density at radius 1 is 1.12 bits per heavy atom. The summed E-state index contributed by atoms with van der Waals surface area (Å²) in [5, 5.41) is 1.14. The number of methoxy groups -OCH3 is 2. The van der Waals surface area contributed by atoms with E-state index in [1.165, 1.54) is 12.7 Å². The molecular weight excluding hydrogens is 316 g/mol. The van der Waals surface area contributed by atoms with Crippen LogP contribution in [-0.2, 0) is 17.7 Å². The molecule has 130 valence electrons. The quantitative estimate of drug-likeness (QED) is 0.570. The molecule has 0 aliphatic heterocycles. The van der Waals surface area contributed by atoms with Crippen molar-refractivity contribution < 1.29 is 14.3 Å². The molecule has 0 bridgehead atoms. The number of rotatable bonds is 5. The van der Waals surface area contributed by atoms with Crippen molar-refractivity contribution in [2.45, 2.75) is 19.9 Å². The SMILES string of the molecule is CCn1cc(Cc2ccc(C(=O)OC)cc2OC)c2cc(N)ccc21. The van der Waals surface area contributed by atoms with E-state index in [-0.39, 0.29) is 5.97 Å². The van der Waals surface area contributed by atoms with Crippen LogP contribution in [0.4, 0.5) is 5.69 Å². The van der Waals surface area contributed by atoms with Gasteiger partial charge in [0.05, 0.1) is 19.8 Å². The fourth-order valence-electron chi connectivity index (χ4n) is 3.13. The van der Waals surface area contributed by atoms with E-state index >= 15 is 0 Å². The number of nitrogens with zero attached hydrogens (tertiary/aromatic N) is 1. The fourth-order valence-corrected chi connectivity index (χ4v) is 3.13. The van der Waals surface area contributed by atoms with Crippen molar-refractivity contribution in [3.05, 3.63) is 59.3 Å². The largest absolute Gasteiger partial charge is 0.496 e. The first kappa shape index (κ1) is 16.9. The molecule has 5 heteroatoms. The van der Waals surface area contributed by atoms with E-state index in [0.717, 1.165) is 28.7 Å². The lowest BCUT2D eigenvalue weighted by Gasteiger charge is -2.10. The Bertz CT molecular complexity index is 928. The summed E-state index contributed by atoms with van der Waals surface area (Å²) in [5.74, 6) is 0.296. The highest BCUT2D eigenvalue weighted by molar-refractivity contribution is 5.90. The van der Waals surface area contributed by atoms with E-state index in [2.05, 4.69) is 23.8 Å². The number of nitrogen functional groups attached to an aromatic ring is 1. The van der Waals surface area contributed by atoms with Gasteiger partial charge >= 0.3 is 5.97 Å². The third-order valence-corrected chi connectivity index (χ3v) is 4.42. The molecule has 5 nitrogen and oxygen atoms in total. The Kier molecular flexibility index (Phi) is 4.65. The molecule has 0 saturated carbocycles. The van der Waals surface area contributed by atoms with Gasteiger partial charge in [-0.2, -0.15) is 0 Å². The van der Waals surface area contributed by atoms with Gasteiger partial charge in [-0.25, -0.2) is 4.79 Å². The van der Waals surface area contributed by atoms with Crippen LogP contribution in [0.5, 0.6) is 5.75 Å². The van der Waals surface area contributed by atoms with E-state index in [0.29, 0.717) is 17.7 Å². The second-order valence-corrected chi connectivity index (χ2v) is 5.91. The molecule has 1 heterocycles. The van der Waals surface area contributed by atoms with Gasteiger partial charge in [0, 0.05) is 35.8 Å². The van der Waals surface area contributed by atoms with Crippen LogP contribution in [0.3, 0.4) is 0 Å². The van der Waals surface area contributed by atoms with Gasteiger partial charge in [-0.15, -0.1) is 0 Å². The molecule has 0 aliphatic carbocycles. The molecule has 0 spiro atoms. The van der Waals surface area contributed by atoms with Crippen molar-refractivity contribution in [1.29, 1.82) is 0 Å². The average Bonchev–Trinajstić information content (AvgIpc) is 2.98. The minimum atomic E-state index is -0.375. The predicted octanol–water partition coefficient (Wildman–Crippen LogP) is 3.63. The summed E-state index contributed by atoms with van der Waals surface area (Å²) in [6.07, 6.45) is 2.84. The number of aromatic nitrogens is 1. The third-order valence-electron chi connectivity index (χ3n) is 4.42. The minimum absolute atomic E-state index is 0.375. The van der Waals surface area contributed by atoms with Crippen LogP contribution in [-0.4, -0.2) is 24.8 Å². The molecule has 0 radical (unpaired) electrons. The lowest BCUT2D eigenvalue weighted by molar-refractivity contribution is 0.0600. The van der Waals surface area contributed by atoms with Crippen molar-refractivity contribution in [1.82, 2.24) is 4.57 Å². The van der Waals surface area contributed by atoms with Gasteiger partial charge in [0.15, 0.2) is 0 Å². The van der Waals surface area contributed by atoms with E-state index < -0.39 is 0 Å². The monoisotopic (exact) mass is 338 g/mol. The predicted molar refractivity (Wildman–Crippen MR) is 99.2 cm³/mol. The number of carbonyl (C=O) groups excluding carboxylic acids is 1. The van der Waals surface area contributed by atoms with Gasteiger partial charge in [0.1, 0.15) is 5.75 Å². The molecule has 2 N–H and O–H groups in total. The molecule has 0 fully saturated rings. The number of nitrogens with two attached hydrogens (primary N) is 1. The van der Waals surface area contributed by atoms with Crippen molar-refractivity contribution in [2.24, 2.45) is 0 Å². The Balaban J connectivity index is 2.04. The Morgan fingerprint density at radius 2 is 1.92 bits per heavy atom. The van der Waals surface area contributed by atoms with Gasteiger partial charge in [-0.05, 0) is 48.4 Å². The summed E-state index contributed by atoms with van der Waals surface area (Å²) in [7, 11) is 2.97. The normalized spacial score (nSPS) is 10.8. The maximum atomic E-state index is 11.7. The summed E-state index contributed by atoms with van der Waals surface area (Å²) in [6, 6.07) is 11.4. The van der Waals surface area contributed by atoms with Crippen LogP contribution in [0.25, 0.3) is 10.9 Å². The summed E-state index contributed by atoms with van der Waals surface area (Å²) < 4.78 is 12.5. The highest BCUT2D eigenvalue weighted by Gasteiger charge is 2.14. The fraction of sp³-hybridized carbons (Fsp3) is 0.250. The van der Waals surface area contributed by atoms with E-state index in [9.17, 15) is 4.79 Å². The Morgan fingerprint density at radius 3 is 2.60 bits per heavy atom. The summed E-state index contributed by atoms with van der Waals surface area (Å²) >= 11 is 0. The standard InChI is InChI=1S/C20H22N2O3/c1-4-22-12-15(17-11-16(21)7-8-18(17)22)9-13-5-6-14(20(23)25-3)10-19(13)24-2/h5-8,10-12H,4,9,21H2,1-3H3. The van der Waals surface area contributed by atoms with Crippen LogP contribution >= 0.6 is 0 Å². The molecule has 0 saturated heterocycles. The number of esters is 1. The zero-order chi connectivity index (χ0) is 18.0. The number of hydrogen-bond acceptors (Lipinski definition) is 4.